The van der Waals surface area contributed by atoms with Gasteiger partial charge in [0.15, 0.2) is 0 Å². The summed E-state index contributed by atoms with van der Waals surface area (Å²) in [6, 6.07) is 7.89. The van der Waals surface area contributed by atoms with Crippen LogP contribution in [0.15, 0.2) is 22.7 Å². The normalized spacial score (nSPS) is 22.9. The first-order valence-corrected chi connectivity index (χ1v) is 8.42. The van der Waals surface area contributed by atoms with Crippen LogP contribution in [0.2, 0.25) is 0 Å². The predicted molar refractivity (Wildman–Crippen MR) is 86.8 cm³/mol. The molecule has 1 aliphatic carbocycles. The summed E-state index contributed by atoms with van der Waals surface area (Å²) in [6.45, 7) is 7.55. The van der Waals surface area contributed by atoms with E-state index in [-0.39, 0.29) is 0 Å². The standard InChI is InChI=1S/C16H24BrN3/c1-12-10-13(2-5-15(12)17)16(11-18)20-8-6-19(7-9-20)14-3-4-14/h2,5,10,14,16H,3-4,6-9,11,18H2,1H3. The molecule has 1 aromatic rings. The van der Waals surface area contributed by atoms with E-state index >= 15 is 0 Å². The zero-order valence-electron chi connectivity index (χ0n) is 12.2. The predicted octanol–water partition coefficient (Wildman–Crippen LogP) is 2.54. The summed E-state index contributed by atoms with van der Waals surface area (Å²) in [6.07, 6.45) is 2.82. The van der Waals surface area contributed by atoms with Crippen molar-refractivity contribution in [1.82, 2.24) is 9.80 Å². The minimum atomic E-state index is 0.364. The van der Waals surface area contributed by atoms with Crippen molar-refractivity contribution >= 4 is 15.9 Å². The molecule has 1 aromatic carbocycles. The van der Waals surface area contributed by atoms with Gasteiger partial charge in [-0.25, -0.2) is 0 Å². The van der Waals surface area contributed by atoms with Crippen molar-refractivity contribution in [3.05, 3.63) is 33.8 Å². The Bertz CT molecular complexity index is 465. The molecule has 0 spiro atoms. The maximum atomic E-state index is 6.06. The van der Waals surface area contributed by atoms with Gasteiger partial charge in [0.05, 0.1) is 0 Å². The largest absolute Gasteiger partial charge is 0.329 e. The molecule has 3 rings (SSSR count). The second-order valence-corrected chi connectivity index (χ2v) is 6.92. The first kappa shape index (κ1) is 14.5. The molecule has 1 aliphatic heterocycles. The molecule has 2 N–H and O–H groups in total. The minimum absolute atomic E-state index is 0.364. The fourth-order valence-corrected chi connectivity index (χ4v) is 3.47. The number of rotatable bonds is 4. The first-order chi connectivity index (χ1) is 9.69. The maximum Gasteiger partial charge on any atom is 0.0471 e. The third kappa shape index (κ3) is 3.08. The topological polar surface area (TPSA) is 32.5 Å². The van der Waals surface area contributed by atoms with Gasteiger partial charge in [0.1, 0.15) is 0 Å². The Morgan fingerprint density at radius 3 is 2.50 bits per heavy atom. The lowest BCUT2D eigenvalue weighted by Crippen LogP contribution is -2.49. The lowest BCUT2D eigenvalue weighted by atomic mass is 10.0. The fraction of sp³-hybridized carbons (Fsp3) is 0.625. The van der Waals surface area contributed by atoms with Crippen molar-refractivity contribution in [2.24, 2.45) is 5.73 Å². The molecule has 1 atom stereocenters. The molecular weight excluding hydrogens is 314 g/mol. The Morgan fingerprint density at radius 2 is 1.95 bits per heavy atom. The van der Waals surface area contributed by atoms with Crippen molar-refractivity contribution in [3.8, 4) is 0 Å². The summed E-state index contributed by atoms with van der Waals surface area (Å²) in [5.74, 6) is 0. The Labute approximate surface area is 130 Å². The highest BCUT2D eigenvalue weighted by atomic mass is 79.9. The van der Waals surface area contributed by atoms with E-state index in [1.165, 1.54) is 41.5 Å². The number of hydrogen-bond acceptors (Lipinski definition) is 3. The second-order valence-electron chi connectivity index (χ2n) is 6.06. The zero-order chi connectivity index (χ0) is 14.1. The van der Waals surface area contributed by atoms with Crippen LogP contribution in [0.5, 0.6) is 0 Å². The van der Waals surface area contributed by atoms with E-state index < -0.39 is 0 Å². The average Bonchev–Trinajstić information content (AvgIpc) is 3.29. The van der Waals surface area contributed by atoms with E-state index in [1.807, 2.05) is 0 Å². The SMILES string of the molecule is Cc1cc(C(CN)N2CCN(C3CC3)CC2)ccc1Br. The maximum absolute atomic E-state index is 6.06. The highest BCUT2D eigenvalue weighted by Gasteiger charge is 2.32. The molecule has 4 heteroatoms. The van der Waals surface area contributed by atoms with Crippen LogP contribution in [0.1, 0.15) is 30.0 Å². The first-order valence-electron chi connectivity index (χ1n) is 7.63. The van der Waals surface area contributed by atoms with Gasteiger partial charge in [0.2, 0.25) is 0 Å². The van der Waals surface area contributed by atoms with Gasteiger partial charge < -0.3 is 5.73 Å². The van der Waals surface area contributed by atoms with Crippen molar-refractivity contribution < 1.29 is 0 Å². The smallest absolute Gasteiger partial charge is 0.0471 e. The van der Waals surface area contributed by atoms with E-state index in [0.29, 0.717) is 12.6 Å². The van der Waals surface area contributed by atoms with Gasteiger partial charge in [-0.1, -0.05) is 28.1 Å². The fourth-order valence-electron chi connectivity index (χ4n) is 3.23. The number of nitrogens with two attached hydrogens (primary N) is 1. The monoisotopic (exact) mass is 337 g/mol. The highest BCUT2D eigenvalue weighted by molar-refractivity contribution is 9.10. The highest BCUT2D eigenvalue weighted by Crippen LogP contribution is 2.30. The van der Waals surface area contributed by atoms with Gasteiger partial charge in [-0.2, -0.15) is 0 Å². The third-order valence-electron chi connectivity index (χ3n) is 4.64. The summed E-state index contributed by atoms with van der Waals surface area (Å²) in [4.78, 5) is 5.21. The molecule has 1 heterocycles. The zero-order valence-corrected chi connectivity index (χ0v) is 13.8. The molecule has 0 aromatic heterocycles. The summed E-state index contributed by atoms with van der Waals surface area (Å²) in [5.41, 5.74) is 8.71. The van der Waals surface area contributed by atoms with Crippen molar-refractivity contribution in [2.45, 2.75) is 31.8 Å². The molecule has 1 unspecified atom stereocenters. The van der Waals surface area contributed by atoms with E-state index in [1.54, 1.807) is 0 Å². The molecule has 0 radical (unpaired) electrons. The van der Waals surface area contributed by atoms with Crippen LogP contribution >= 0.6 is 15.9 Å². The molecule has 0 bridgehead atoms. The van der Waals surface area contributed by atoms with Crippen LogP contribution < -0.4 is 5.73 Å². The van der Waals surface area contributed by atoms with Crippen molar-refractivity contribution in [2.75, 3.05) is 32.7 Å². The number of nitrogens with zero attached hydrogens (tertiary/aromatic N) is 2. The van der Waals surface area contributed by atoms with Gasteiger partial charge in [0.25, 0.3) is 0 Å². The Morgan fingerprint density at radius 1 is 1.25 bits per heavy atom. The Hall–Kier alpha value is -0.420. The van der Waals surface area contributed by atoms with Gasteiger partial charge in [-0.15, -0.1) is 0 Å². The average molecular weight is 338 g/mol. The van der Waals surface area contributed by atoms with E-state index in [4.69, 9.17) is 5.73 Å². The number of hydrogen-bond donors (Lipinski definition) is 1. The number of aryl methyl sites for hydroxylation is 1. The van der Waals surface area contributed by atoms with Crippen LogP contribution in [0, 0.1) is 6.92 Å². The summed E-state index contributed by atoms with van der Waals surface area (Å²) in [7, 11) is 0. The van der Waals surface area contributed by atoms with E-state index in [9.17, 15) is 0 Å². The van der Waals surface area contributed by atoms with Crippen molar-refractivity contribution in [3.63, 3.8) is 0 Å². The lowest BCUT2D eigenvalue weighted by Gasteiger charge is -2.39. The molecule has 2 fully saturated rings. The van der Waals surface area contributed by atoms with Gasteiger partial charge >= 0.3 is 0 Å². The number of benzene rings is 1. The summed E-state index contributed by atoms with van der Waals surface area (Å²) < 4.78 is 1.18. The molecular formula is C16H24BrN3. The van der Waals surface area contributed by atoms with Crippen LogP contribution in [0.25, 0.3) is 0 Å². The minimum Gasteiger partial charge on any atom is -0.329 e. The molecule has 2 aliphatic rings. The van der Waals surface area contributed by atoms with Crippen molar-refractivity contribution in [1.29, 1.82) is 0 Å². The van der Waals surface area contributed by atoms with Crippen LogP contribution in [0.4, 0.5) is 0 Å². The van der Waals surface area contributed by atoms with E-state index in [2.05, 4.69) is 50.9 Å². The van der Waals surface area contributed by atoms with Gasteiger partial charge in [0, 0.05) is 49.3 Å². The van der Waals surface area contributed by atoms with E-state index in [0.717, 1.165) is 19.1 Å². The Kier molecular flexibility index (Phi) is 4.46. The number of halogens is 1. The summed E-state index contributed by atoms with van der Waals surface area (Å²) >= 11 is 3.58. The Balaban J connectivity index is 1.68. The third-order valence-corrected chi connectivity index (χ3v) is 5.53. The molecule has 20 heavy (non-hydrogen) atoms. The van der Waals surface area contributed by atoms with Crippen LogP contribution in [0.3, 0.4) is 0 Å². The van der Waals surface area contributed by atoms with Crippen LogP contribution in [-0.4, -0.2) is 48.6 Å². The molecule has 0 amide bonds. The lowest BCUT2D eigenvalue weighted by molar-refractivity contribution is 0.0938. The molecule has 1 saturated carbocycles. The quantitative estimate of drug-likeness (QED) is 0.916. The molecule has 110 valence electrons. The van der Waals surface area contributed by atoms with Gasteiger partial charge in [-0.3, -0.25) is 9.80 Å². The van der Waals surface area contributed by atoms with Crippen LogP contribution in [-0.2, 0) is 0 Å². The molecule has 3 nitrogen and oxygen atoms in total. The molecule has 1 saturated heterocycles. The van der Waals surface area contributed by atoms with Gasteiger partial charge in [-0.05, 0) is 37.0 Å². The summed E-state index contributed by atoms with van der Waals surface area (Å²) in [5, 5.41) is 0. The number of piperazine rings is 1. The second kappa shape index (κ2) is 6.14.